The summed E-state index contributed by atoms with van der Waals surface area (Å²) in [6.45, 7) is 0.500. The minimum Gasteiger partial charge on any atom is -0.309 e. The van der Waals surface area contributed by atoms with Crippen molar-refractivity contribution in [3.8, 4) is 0 Å². The van der Waals surface area contributed by atoms with E-state index in [0.29, 0.717) is 13.0 Å². The minimum atomic E-state index is -2.90. The van der Waals surface area contributed by atoms with Gasteiger partial charge in [0.15, 0.2) is 9.84 Å². The molecule has 0 aliphatic carbocycles. The normalized spacial score (nSPS) is 22.9. The van der Waals surface area contributed by atoms with Gasteiger partial charge in [-0.3, -0.25) is 0 Å². The molecule has 1 fully saturated rings. The van der Waals surface area contributed by atoms with Gasteiger partial charge in [0.1, 0.15) is 5.82 Å². The SMILES string of the molecule is O=S1(=O)CCCC(NCc2ccc(F)c(Cl)c2)C1. The molecule has 3 nitrogen and oxygen atoms in total. The van der Waals surface area contributed by atoms with Crippen molar-refractivity contribution in [2.75, 3.05) is 11.5 Å². The number of halogens is 2. The highest BCUT2D eigenvalue weighted by molar-refractivity contribution is 7.91. The van der Waals surface area contributed by atoms with Crippen molar-refractivity contribution >= 4 is 21.4 Å². The van der Waals surface area contributed by atoms with E-state index in [9.17, 15) is 12.8 Å². The smallest absolute Gasteiger partial charge is 0.151 e. The van der Waals surface area contributed by atoms with E-state index < -0.39 is 15.7 Å². The number of rotatable bonds is 3. The fourth-order valence-corrected chi connectivity index (χ4v) is 3.97. The van der Waals surface area contributed by atoms with Crippen LogP contribution in [0.3, 0.4) is 0 Å². The van der Waals surface area contributed by atoms with Crippen molar-refractivity contribution in [1.82, 2.24) is 5.32 Å². The fraction of sp³-hybridized carbons (Fsp3) is 0.500. The van der Waals surface area contributed by atoms with Gasteiger partial charge >= 0.3 is 0 Å². The molecule has 1 aromatic carbocycles. The zero-order chi connectivity index (χ0) is 13.2. The molecular formula is C12H15ClFNO2S. The van der Waals surface area contributed by atoms with Gasteiger partial charge in [-0.15, -0.1) is 0 Å². The van der Waals surface area contributed by atoms with Gasteiger partial charge in [-0.2, -0.15) is 0 Å². The molecule has 1 atom stereocenters. The third kappa shape index (κ3) is 3.67. The standard InChI is InChI=1S/C12H15ClFNO2S/c13-11-6-9(3-4-12(11)14)7-15-10-2-1-5-18(16,17)8-10/h3-4,6,10,15H,1-2,5,7-8H2. The highest BCUT2D eigenvalue weighted by Gasteiger charge is 2.24. The maximum absolute atomic E-state index is 13.0. The molecule has 0 saturated carbocycles. The van der Waals surface area contributed by atoms with Gasteiger partial charge in [0, 0.05) is 12.6 Å². The van der Waals surface area contributed by atoms with E-state index in [4.69, 9.17) is 11.6 Å². The molecule has 0 spiro atoms. The van der Waals surface area contributed by atoms with Gasteiger partial charge in [0.25, 0.3) is 0 Å². The third-order valence-corrected chi connectivity index (χ3v) is 5.15. The molecular weight excluding hydrogens is 277 g/mol. The second-order valence-corrected chi connectivity index (χ2v) is 7.22. The first-order chi connectivity index (χ1) is 8.46. The Morgan fingerprint density at radius 2 is 2.22 bits per heavy atom. The summed E-state index contributed by atoms with van der Waals surface area (Å²) in [5, 5.41) is 3.27. The van der Waals surface area contributed by atoms with Gasteiger partial charge in [0.05, 0.1) is 16.5 Å². The monoisotopic (exact) mass is 291 g/mol. The lowest BCUT2D eigenvalue weighted by Gasteiger charge is -2.23. The van der Waals surface area contributed by atoms with Crippen molar-refractivity contribution in [3.63, 3.8) is 0 Å². The van der Waals surface area contributed by atoms with E-state index in [2.05, 4.69) is 5.32 Å². The summed E-state index contributed by atoms with van der Waals surface area (Å²) in [5.41, 5.74) is 0.851. The molecule has 0 bridgehead atoms. The molecule has 2 rings (SSSR count). The first kappa shape index (κ1) is 13.8. The number of nitrogens with one attached hydrogen (secondary N) is 1. The maximum Gasteiger partial charge on any atom is 0.151 e. The first-order valence-electron chi connectivity index (χ1n) is 5.84. The van der Waals surface area contributed by atoms with E-state index >= 15 is 0 Å². The summed E-state index contributed by atoms with van der Waals surface area (Å²) in [6.07, 6.45) is 1.55. The molecule has 1 unspecified atom stereocenters. The number of benzene rings is 1. The summed E-state index contributed by atoms with van der Waals surface area (Å²) in [4.78, 5) is 0. The molecule has 1 N–H and O–H groups in total. The van der Waals surface area contributed by atoms with E-state index in [0.717, 1.165) is 12.0 Å². The Hall–Kier alpha value is -0.650. The predicted octanol–water partition coefficient (Wildman–Crippen LogP) is 2.15. The quantitative estimate of drug-likeness (QED) is 0.928. The van der Waals surface area contributed by atoms with Crippen molar-refractivity contribution < 1.29 is 12.8 Å². The molecule has 1 aromatic rings. The van der Waals surface area contributed by atoms with Crippen LogP contribution in [0, 0.1) is 5.82 Å². The zero-order valence-electron chi connectivity index (χ0n) is 9.83. The molecule has 6 heteroatoms. The van der Waals surface area contributed by atoms with Gasteiger partial charge in [-0.25, -0.2) is 12.8 Å². The van der Waals surface area contributed by atoms with Crippen molar-refractivity contribution in [2.45, 2.75) is 25.4 Å². The van der Waals surface area contributed by atoms with E-state index in [1.54, 1.807) is 12.1 Å². The molecule has 0 amide bonds. The Morgan fingerprint density at radius 3 is 2.89 bits per heavy atom. The van der Waals surface area contributed by atoms with Crippen molar-refractivity contribution in [3.05, 3.63) is 34.6 Å². The van der Waals surface area contributed by atoms with Crippen LogP contribution >= 0.6 is 11.6 Å². The molecule has 1 saturated heterocycles. The largest absolute Gasteiger partial charge is 0.309 e. The van der Waals surface area contributed by atoms with Crippen LogP contribution in [0.1, 0.15) is 18.4 Å². The molecule has 1 aliphatic rings. The van der Waals surface area contributed by atoms with Crippen LogP contribution in [0.2, 0.25) is 5.02 Å². The van der Waals surface area contributed by atoms with Crippen LogP contribution in [-0.2, 0) is 16.4 Å². The highest BCUT2D eigenvalue weighted by Crippen LogP contribution is 2.17. The second-order valence-electron chi connectivity index (χ2n) is 4.58. The molecule has 0 radical (unpaired) electrons. The summed E-state index contributed by atoms with van der Waals surface area (Å²) < 4.78 is 35.9. The Kier molecular flexibility index (Phi) is 4.25. The summed E-state index contributed by atoms with van der Waals surface area (Å²) in [7, 11) is -2.90. The lowest BCUT2D eigenvalue weighted by atomic mass is 10.1. The average Bonchev–Trinajstić information content (AvgIpc) is 2.29. The van der Waals surface area contributed by atoms with Gasteiger partial charge < -0.3 is 5.32 Å². The topological polar surface area (TPSA) is 46.2 Å². The molecule has 1 heterocycles. The summed E-state index contributed by atoms with van der Waals surface area (Å²) >= 11 is 5.68. The van der Waals surface area contributed by atoms with Crippen LogP contribution in [0.15, 0.2) is 18.2 Å². The van der Waals surface area contributed by atoms with Crippen LogP contribution < -0.4 is 5.32 Å². The first-order valence-corrected chi connectivity index (χ1v) is 8.04. The predicted molar refractivity (Wildman–Crippen MR) is 69.9 cm³/mol. The number of sulfone groups is 1. The Labute approximate surface area is 111 Å². The Morgan fingerprint density at radius 1 is 1.44 bits per heavy atom. The molecule has 100 valence electrons. The maximum atomic E-state index is 13.0. The van der Waals surface area contributed by atoms with Crippen LogP contribution in [-0.4, -0.2) is 26.0 Å². The summed E-state index contributed by atoms with van der Waals surface area (Å²) in [6, 6.07) is 4.50. The average molecular weight is 292 g/mol. The third-order valence-electron chi connectivity index (χ3n) is 3.04. The fourth-order valence-electron chi connectivity index (χ4n) is 2.10. The van der Waals surface area contributed by atoms with Crippen molar-refractivity contribution in [1.29, 1.82) is 0 Å². The lowest BCUT2D eigenvalue weighted by molar-refractivity contribution is 0.480. The lowest BCUT2D eigenvalue weighted by Crippen LogP contribution is -2.39. The van der Waals surface area contributed by atoms with E-state index in [1.807, 2.05) is 0 Å². The molecule has 0 aromatic heterocycles. The van der Waals surface area contributed by atoms with E-state index in [-0.39, 0.29) is 22.6 Å². The number of hydrogen-bond donors (Lipinski definition) is 1. The summed E-state index contributed by atoms with van der Waals surface area (Å²) in [5.74, 6) is 0.0239. The molecule has 1 aliphatic heterocycles. The van der Waals surface area contributed by atoms with Gasteiger partial charge in [0.2, 0.25) is 0 Å². The van der Waals surface area contributed by atoms with Crippen LogP contribution in [0.25, 0.3) is 0 Å². The van der Waals surface area contributed by atoms with E-state index in [1.165, 1.54) is 6.07 Å². The van der Waals surface area contributed by atoms with Crippen LogP contribution in [0.4, 0.5) is 4.39 Å². The van der Waals surface area contributed by atoms with Gasteiger partial charge in [-0.05, 0) is 30.5 Å². The second kappa shape index (κ2) is 5.55. The number of hydrogen-bond acceptors (Lipinski definition) is 3. The Balaban J connectivity index is 1.93. The minimum absolute atomic E-state index is 0.0208. The Bertz CT molecular complexity index is 533. The van der Waals surface area contributed by atoms with Crippen LogP contribution in [0.5, 0.6) is 0 Å². The highest BCUT2D eigenvalue weighted by atomic mass is 35.5. The molecule has 18 heavy (non-hydrogen) atoms. The van der Waals surface area contributed by atoms with Crippen molar-refractivity contribution in [2.24, 2.45) is 0 Å². The zero-order valence-corrected chi connectivity index (χ0v) is 11.4. The van der Waals surface area contributed by atoms with Gasteiger partial charge in [-0.1, -0.05) is 17.7 Å².